The van der Waals surface area contributed by atoms with E-state index in [1.165, 1.54) is 12.0 Å². The number of hydrogen-bond acceptors (Lipinski definition) is 4. The third-order valence-corrected chi connectivity index (χ3v) is 3.57. The molecular formula is C20H18N2O3. The van der Waals surface area contributed by atoms with Gasteiger partial charge in [-0.1, -0.05) is 24.3 Å². The van der Waals surface area contributed by atoms with E-state index in [-0.39, 0.29) is 0 Å². The molecule has 2 aromatic carbocycles. The average Bonchev–Trinajstić information content (AvgIpc) is 2.68. The summed E-state index contributed by atoms with van der Waals surface area (Å²) in [6.45, 7) is 0.326. The second-order valence-corrected chi connectivity index (χ2v) is 5.29. The minimum absolute atomic E-state index is 0.326. The van der Waals surface area contributed by atoms with E-state index in [9.17, 15) is 4.79 Å². The smallest absolute Gasteiger partial charge is 0.414 e. The first-order chi connectivity index (χ1) is 12.3. The molecule has 5 nitrogen and oxygen atoms in total. The van der Waals surface area contributed by atoms with Gasteiger partial charge in [-0.3, -0.25) is 9.88 Å². The van der Waals surface area contributed by atoms with Gasteiger partial charge in [-0.05, 0) is 48.5 Å². The summed E-state index contributed by atoms with van der Waals surface area (Å²) >= 11 is 0. The highest BCUT2D eigenvalue weighted by atomic mass is 16.5. The SMILES string of the molecule is COC(=O)N(Cc1ccccn1)c1ccc(Oc2ccccc2)cc1. The molecule has 0 radical (unpaired) electrons. The number of hydrogen-bond donors (Lipinski definition) is 0. The van der Waals surface area contributed by atoms with Crippen LogP contribution in [0, 0.1) is 0 Å². The van der Waals surface area contributed by atoms with Crippen molar-refractivity contribution in [1.82, 2.24) is 4.98 Å². The summed E-state index contributed by atoms with van der Waals surface area (Å²) in [7, 11) is 1.36. The van der Waals surface area contributed by atoms with Crippen molar-refractivity contribution in [3.8, 4) is 11.5 Å². The summed E-state index contributed by atoms with van der Waals surface area (Å²) in [5, 5.41) is 0. The van der Waals surface area contributed by atoms with E-state index in [0.29, 0.717) is 18.0 Å². The monoisotopic (exact) mass is 334 g/mol. The standard InChI is InChI=1S/C20H18N2O3/c1-24-20(23)22(15-16-7-5-6-14-21-16)17-10-12-19(13-11-17)25-18-8-3-2-4-9-18/h2-14H,15H2,1H3. The first-order valence-corrected chi connectivity index (χ1v) is 7.84. The molecule has 0 aliphatic carbocycles. The molecule has 1 heterocycles. The Morgan fingerprint density at radius 1 is 0.920 bits per heavy atom. The topological polar surface area (TPSA) is 51.7 Å². The molecule has 0 aliphatic rings. The van der Waals surface area contributed by atoms with E-state index < -0.39 is 6.09 Å². The molecule has 5 heteroatoms. The first-order valence-electron chi connectivity index (χ1n) is 7.84. The maximum atomic E-state index is 12.1. The number of aromatic nitrogens is 1. The molecule has 1 amide bonds. The summed E-state index contributed by atoms with van der Waals surface area (Å²) in [5.74, 6) is 1.45. The zero-order valence-corrected chi connectivity index (χ0v) is 13.8. The number of methoxy groups -OCH3 is 1. The van der Waals surface area contributed by atoms with Gasteiger partial charge in [-0.25, -0.2) is 4.79 Å². The maximum absolute atomic E-state index is 12.1. The van der Waals surface area contributed by atoms with Crippen LogP contribution in [0.2, 0.25) is 0 Å². The van der Waals surface area contributed by atoms with Crippen LogP contribution >= 0.6 is 0 Å². The Labute approximate surface area is 146 Å². The fraction of sp³-hybridized carbons (Fsp3) is 0.100. The zero-order chi connectivity index (χ0) is 17.5. The number of para-hydroxylation sites is 1. The fourth-order valence-corrected chi connectivity index (χ4v) is 2.34. The second-order valence-electron chi connectivity index (χ2n) is 5.29. The van der Waals surface area contributed by atoms with Crippen LogP contribution in [0.3, 0.4) is 0 Å². The lowest BCUT2D eigenvalue weighted by atomic mass is 10.2. The molecule has 1 aromatic heterocycles. The van der Waals surface area contributed by atoms with Gasteiger partial charge in [-0.15, -0.1) is 0 Å². The van der Waals surface area contributed by atoms with Gasteiger partial charge in [0.2, 0.25) is 0 Å². The fourth-order valence-electron chi connectivity index (χ4n) is 2.34. The molecule has 25 heavy (non-hydrogen) atoms. The van der Waals surface area contributed by atoms with E-state index in [1.54, 1.807) is 6.20 Å². The lowest BCUT2D eigenvalue weighted by molar-refractivity contribution is 0.178. The number of rotatable bonds is 5. The van der Waals surface area contributed by atoms with Crippen molar-refractivity contribution in [3.63, 3.8) is 0 Å². The number of amides is 1. The van der Waals surface area contributed by atoms with Gasteiger partial charge in [0.25, 0.3) is 0 Å². The van der Waals surface area contributed by atoms with Crippen LogP contribution in [-0.4, -0.2) is 18.2 Å². The highest BCUT2D eigenvalue weighted by Crippen LogP contribution is 2.25. The molecule has 0 aliphatic heterocycles. The van der Waals surface area contributed by atoms with Crippen molar-refractivity contribution < 1.29 is 14.3 Å². The second kappa shape index (κ2) is 7.97. The minimum atomic E-state index is -0.442. The summed E-state index contributed by atoms with van der Waals surface area (Å²) in [6, 6.07) is 22.4. The number of pyridine rings is 1. The van der Waals surface area contributed by atoms with Crippen LogP contribution < -0.4 is 9.64 Å². The highest BCUT2D eigenvalue weighted by molar-refractivity contribution is 5.87. The Kier molecular flexibility index (Phi) is 5.26. The Morgan fingerprint density at radius 2 is 1.60 bits per heavy atom. The lowest BCUT2D eigenvalue weighted by Gasteiger charge is -2.21. The van der Waals surface area contributed by atoms with Gasteiger partial charge in [0, 0.05) is 11.9 Å². The molecule has 3 rings (SSSR count). The van der Waals surface area contributed by atoms with Crippen molar-refractivity contribution in [2.24, 2.45) is 0 Å². The summed E-state index contributed by atoms with van der Waals surface area (Å²) in [5.41, 5.74) is 1.48. The van der Waals surface area contributed by atoms with Crippen LogP contribution in [0.1, 0.15) is 5.69 Å². The van der Waals surface area contributed by atoms with Gasteiger partial charge in [0.1, 0.15) is 11.5 Å². The molecule has 0 N–H and O–H groups in total. The third-order valence-electron chi connectivity index (χ3n) is 3.57. The number of nitrogens with zero attached hydrogens (tertiary/aromatic N) is 2. The summed E-state index contributed by atoms with van der Waals surface area (Å²) in [4.78, 5) is 17.9. The minimum Gasteiger partial charge on any atom is -0.457 e. The van der Waals surface area contributed by atoms with E-state index in [0.717, 1.165) is 11.4 Å². The zero-order valence-electron chi connectivity index (χ0n) is 13.8. The highest BCUT2D eigenvalue weighted by Gasteiger charge is 2.17. The summed E-state index contributed by atoms with van der Waals surface area (Å²) in [6.07, 6.45) is 1.25. The van der Waals surface area contributed by atoms with Crippen molar-refractivity contribution >= 4 is 11.8 Å². The first kappa shape index (κ1) is 16.5. The number of carbonyl (C=O) groups excluding carboxylic acids is 1. The largest absolute Gasteiger partial charge is 0.457 e. The van der Waals surface area contributed by atoms with E-state index in [4.69, 9.17) is 9.47 Å². The normalized spacial score (nSPS) is 10.1. The predicted octanol–water partition coefficient (Wildman–Crippen LogP) is 4.65. The Balaban J connectivity index is 1.78. The van der Waals surface area contributed by atoms with Crippen molar-refractivity contribution in [3.05, 3.63) is 84.7 Å². The maximum Gasteiger partial charge on any atom is 0.414 e. The molecule has 0 bridgehead atoms. The molecule has 0 unspecified atom stereocenters. The van der Waals surface area contributed by atoms with Crippen molar-refractivity contribution in [1.29, 1.82) is 0 Å². The average molecular weight is 334 g/mol. The summed E-state index contributed by atoms with van der Waals surface area (Å²) < 4.78 is 10.7. The predicted molar refractivity (Wildman–Crippen MR) is 95.8 cm³/mol. The third kappa shape index (κ3) is 4.35. The van der Waals surface area contributed by atoms with Crippen LogP contribution in [-0.2, 0) is 11.3 Å². The Bertz CT molecular complexity index is 805. The molecule has 0 spiro atoms. The molecule has 0 saturated heterocycles. The molecule has 0 atom stereocenters. The molecule has 0 saturated carbocycles. The Morgan fingerprint density at radius 3 is 2.24 bits per heavy atom. The molecule has 3 aromatic rings. The molecule has 126 valence electrons. The van der Waals surface area contributed by atoms with Crippen LogP contribution in [0.25, 0.3) is 0 Å². The van der Waals surface area contributed by atoms with Crippen molar-refractivity contribution in [2.75, 3.05) is 12.0 Å². The van der Waals surface area contributed by atoms with Gasteiger partial charge < -0.3 is 9.47 Å². The van der Waals surface area contributed by atoms with Gasteiger partial charge in [0.05, 0.1) is 19.3 Å². The lowest BCUT2D eigenvalue weighted by Crippen LogP contribution is -2.30. The van der Waals surface area contributed by atoms with Gasteiger partial charge in [0.15, 0.2) is 0 Å². The van der Waals surface area contributed by atoms with E-state index >= 15 is 0 Å². The van der Waals surface area contributed by atoms with Crippen LogP contribution in [0.5, 0.6) is 11.5 Å². The van der Waals surface area contributed by atoms with Crippen LogP contribution in [0.4, 0.5) is 10.5 Å². The number of anilines is 1. The van der Waals surface area contributed by atoms with Gasteiger partial charge >= 0.3 is 6.09 Å². The number of benzene rings is 2. The molecule has 0 fully saturated rings. The molecular weight excluding hydrogens is 316 g/mol. The van der Waals surface area contributed by atoms with E-state index in [2.05, 4.69) is 4.98 Å². The quantitative estimate of drug-likeness (QED) is 0.682. The number of ether oxygens (including phenoxy) is 2. The van der Waals surface area contributed by atoms with Crippen molar-refractivity contribution in [2.45, 2.75) is 6.54 Å². The van der Waals surface area contributed by atoms with Crippen LogP contribution in [0.15, 0.2) is 79.0 Å². The Hall–Kier alpha value is -3.34. The number of carbonyl (C=O) groups is 1. The van der Waals surface area contributed by atoms with Gasteiger partial charge in [-0.2, -0.15) is 0 Å². The van der Waals surface area contributed by atoms with E-state index in [1.807, 2.05) is 72.8 Å².